The average Bonchev–Trinajstić information content (AvgIpc) is 2.94. The van der Waals surface area contributed by atoms with E-state index in [0.29, 0.717) is 23.2 Å². The van der Waals surface area contributed by atoms with E-state index in [9.17, 15) is 8.42 Å². The normalized spacial score (nSPS) is 19.1. The van der Waals surface area contributed by atoms with Gasteiger partial charge in [0.05, 0.1) is 4.90 Å². The van der Waals surface area contributed by atoms with Gasteiger partial charge in [-0.15, -0.1) is 0 Å². The summed E-state index contributed by atoms with van der Waals surface area (Å²) in [4.78, 5) is 0.389. The SMILES string of the molecule is Cc1ccccc1C1CCN(S(=O)(=O)c2ccc3ccccc3c2)CCS1. The van der Waals surface area contributed by atoms with Crippen molar-refractivity contribution in [3.05, 3.63) is 77.9 Å². The zero-order valence-corrected chi connectivity index (χ0v) is 17.0. The first-order valence-corrected chi connectivity index (χ1v) is 11.7. The van der Waals surface area contributed by atoms with Crippen LogP contribution in [0.3, 0.4) is 0 Å². The van der Waals surface area contributed by atoms with Gasteiger partial charge < -0.3 is 0 Å². The van der Waals surface area contributed by atoms with Gasteiger partial charge in [0.25, 0.3) is 0 Å². The number of benzene rings is 3. The molecule has 0 saturated carbocycles. The van der Waals surface area contributed by atoms with Gasteiger partial charge in [-0.05, 0) is 47.4 Å². The molecule has 1 atom stereocenters. The summed E-state index contributed by atoms with van der Waals surface area (Å²) in [5.74, 6) is 0.811. The molecule has 27 heavy (non-hydrogen) atoms. The van der Waals surface area contributed by atoms with E-state index in [1.807, 2.05) is 42.1 Å². The van der Waals surface area contributed by atoms with E-state index in [1.165, 1.54) is 11.1 Å². The summed E-state index contributed by atoms with van der Waals surface area (Å²) in [6.07, 6.45) is 0.836. The van der Waals surface area contributed by atoms with E-state index >= 15 is 0 Å². The van der Waals surface area contributed by atoms with Gasteiger partial charge in [-0.25, -0.2) is 8.42 Å². The third kappa shape index (κ3) is 3.77. The fourth-order valence-electron chi connectivity index (χ4n) is 3.66. The standard InChI is InChI=1S/C22H23NO2S2/c1-17-6-2-5-9-21(17)22-12-13-23(14-15-26-22)27(24,25)20-11-10-18-7-3-4-8-19(18)16-20/h2-11,16,22H,12-15H2,1H3. The van der Waals surface area contributed by atoms with Gasteiger partial charge in [0.2, 0.25) is 10.0 Å². The number of hydrogen-bond donors (Lipinski definition) is 0. The highest BCUT2D eigenvalue weighted by Gasteiger charge is 2.28. The Kier molecular flexibility index (Phi) is 5.26. The van der Waals surface area contributed by atoms with E-state index in [1.54, 1.807) is 16.4 Å². The number of nitrogens with zero attached hydrogens (tertiary/aromatic N) is 1. The monoisotopic (exact) mass is 397 g/mol. The molecule has 0 aliphatic carbocycles. The van der Waals surface area contributed by atoms with Crippen LogP contribution in [0.15, 0.2) is 71.6 Å². The van der Waals surface area contributed by atoms with Crippen LogP contribution in [0.2, 0.25) is 0 Å². The molecule has 1 unspecified atom stereocenters. The summed E-state index contributed by atoms with van der Waals surface area (Å²) >= 11 is 1.86. The number of thioether (sulfide) groups is 1. The Balaban J connectivity index is 1.58. The van der Waals surface area contributed by atoms with Crippen LogP contribution >= 0.6 is 11.8 Å². The lowest BCUT2D eigenvalue weighted by atomic mass is 10.0. The Labute approximate surface area is 165 Å². The number of fused-ring (bicyclic) bond motifs is 1. The van der Waals surface area contributed by atoms with E-state index in [4.69, 9.17) is 0 Å². The predicted molar refractivity (Wildman–Crippen MR) is 114 cm³/mol. The predicted octanol–water partition coefficient (Wildman–Crippen LogP) is 5.02. The highest BCUT2D eigenvalue weighted by atomic mass is 32.2. The third-order valence-corrected chi connectivity index (χ3v) is 8.40. The van der Waals surface area contributed by atoms with Gasteiger partial charge in [0.1, 0.15) is 0 Å². The Bertz CT molecular complexity index is 1060. The van der Waals surface area contributed by atoms with Crippen LogP contribution in [0.5, 0.6) is 0 Å². The molecule has 3 aromatic carbocycles. The molecule has 0 amide bonds. The zero-order valence-electron chi connectivity index (χ0n) is 15.3. The first-order chi connectivity index (χ1) is 13.1. The van der Waals surface area contributed by atoms with E-state index in [2.05, 4.69) is 31.2 Å². The largest absolute Gasteiger partial charge is 0.243 e. The van der Waals surface area contributed by atoms with Crippen LogP contribution in [-0.2, 0) is 10.0 Å². The van der Waals surface area contributed by atoms with Crippen LogP contribution in [0.25, 0.3) is 10.8 Å². The molecular weight excluding hydrogens is 374 g/mol. The number of rotatable bonds is 3. The molecule has 0 spiro atoms. The second-order valence-corrected chi connectivity index (χ2v) is 10.2. The molecule has 0 aromatic heterocycles. The van der Waals surface area contributed by atoms with Crippen molar-refractivity contribution in [3.63, 3.8) is 0 Å². The maximum absolute atomic E-state index is 13.2. The Morgan fingerprint density at radius 2 is 1.67 bits per heavy atom. The lowest BCUT2D eigenvalue weighted by Gasteiger charge is -2.20. The van der Waals surface area contributed by atoms with Crippen LogP contribution in [0, 0.1) is 6.92 Å². The van der Waals surface area contributed by atoms with Crippen molar-refractivity contribution in [2.45, 2.75) is 23.5 Å². The summed E-state index contributed by atoms with van der Waals surface area (Å²) in [6.45, 7) is 3.24. The van der Waals surface area contributed by atoms with Gasteiger partial charge in [-0.1, -0.05) is 54.6 Å². The summed E-state index contributed by atoms with van der Waals surface area (Å²) in [6, 6.07) is 21.7. The minimum atomic E-state index is -3.47. The van der Waals surface area contributed by atoms with Gasteiger partial charge in [-0.3, -0.25) is 0 Å². The molecular formula is C22H23NO2S2. The minimum Gasteiger partial charge on any atom is -0.207 e. The summed E-state index contributed by atoms with van der Waals surface area (Å²) in [5.41, 5.74) is 2.60. The Hall–Kier alpha value is -1.82. The number of sulfonamides is 1. The Morgan fingerprint density at radius 1 is 0.926 bits per heavy atom. The van der Waals surface area contributed by atoms with Gasteiger partial charge >= 0.3 is 0 Å². The van der Waals surface area contributed by atoms with Crippen LogP contribution < -0.4 is 0 Å². The molecule has 140 valence electrons. The fourth-order valence-corrected chi connectivity index (χ4v) is 6.60. The summed E-state index contributed by atoms with van der Waals surface area (Å²) in [7, 11) is -3.47. The molecule has 0 radical (unpaired) electrons. The van der Waals surface area contributed by atoms with Crippen LogP contribution in [0.4, 0.5) is 0 Å². The maximum atomic E-state index is 13.2. The first kappa shape index (κ1) is 18.5. The second kappa shape index (κ2) is 7.66. The van der Waals surface area contributed by atoms with Crippen molar-refractivity contribution in [2.75, 3.05) is 18.8 Å². The van der Waals surface area contributed by atoms with Crippen LogP contribution in [-0.4, -0.2) is 31.6 Å². The van der Waals surface area contributed by atoms with E-state index < -0.39 is 10.0 Å². The molecule has 0 N–H and O–H groups in total. The van der Waals surface area contributed by atoms with Gasteiger partial charge in [0.15, 0.2) is 0 Å². The molecule has 0 bridgehead atoms. The molecule has 5 heteroatoms. The highest BCUT2D eigenvalue weighted by Crippen LogP contribution is 2.37. The van der Waals surface area contributed by atoms with E-state index in [0.717, 1.165) is 22.9 Å². The first-order valence-electron chi connectivity index (χ1n) is 9.22. The summed E-state index contributed by atoms with van der Waals surface area (Å²) < 4.78 is 28.1. The quantitative estimate of drug-likeness (QED) is 0.623. The van der Waals surface area contributed by atoms with Crippen molar-refractivity contribution >= 4 is 32.6 Å². The summed E-state index contributed by atoms with van der Waals surface area (Å²) in [5, 5.41) is 2.37. The van der Waals surface area contributed by atoms with E-state index in [-0.39, 0.29) is 0 Å². The van der Waals surface area contributed by atoms with Crippen LogP contribution in [0.1, 0.15) is 22.8 Å². The molecule has 1 fully saturated rings. The lowest BCUT2D eigenvalue weighted by molar-refractivity contribution is 0.428. The topological polar surface area (TPSA) is 37.4 Å². The average molecular weight is 398 g/mol. The molecule has 3 nitrogen and oxygen atoms in total. The van der Waals surface area contributed by atoms with Crippen molar-refractivity contribution in [2.24, 2.45) is 0 Å². The second-order valence-electron chi connectivity index (χ2n) is 6.92. The zero-order chi connectivity index (χ0) is 18.9. The minimum absolute atomic E-state index is 0.350. The molecule has 1 heterocycles. The molecule has 1 aliphatic rings. The van der Waals surface area contributed by atoms with Crippen molar-refractivity contribution in [3.8, 4) is 0 Å². The van der Waals surface area contributed by atoms with Gasteiger partial charge in [-0.2, -0.15) is 16.1 Å². The van der Waals surface area contributed by atoms with Crippen molar-refractivity contribution in [1.82, 2.24) is 4.31 Å². The molecule has 4 rings (SSSR count). The van der Waals surface area contributed by atoms with Gasteiger partial charge in [0, 0.05) is 24.1 Å². The third-order valence-electron chi connectivity index (χ3n) is 5.19. The lowest BCUT2D eigenvalue weighted by Crippen LogP contribution is -2.33. The molecule has 3 aromatic rings. The number of aryl methyl sites for hydroxylation is 1. The molecule has 1 aliphatic heterocycles. The number of hydrogen-bond acceptors (Lipinski definition) is 3. The Morgan fingerprint density at radius 3 is 2.48 bits per heavy atom. The fraction of sp³-hybridized carbons (Fsp3) is 0.273. The smallest absolute Gasteiger partial charge is 0.207 e. The highest BCUT2D eigenvalue weighted by molar-refractivity contribution is 7.99. The van der Waals surface area contributed by atoms with Crippen molar-refractivity contribution < 1.29 is 8.42 Å². The van der Waals surface area contributed by atoms with Crippen molar-refractivity contribution in [1.29, 1.82) is 0 Å². The maximum Gasteiger partial charge on any atom is 0.243 e. The molecule has 1 saturated heterocycles.